The number of aromatic nitrogens is 2. The number of anilines is 2. The van der Waals surface area contributed by atoms with Crippen molar-refractivity contribution in [3.8, 4) is 5.75 Å². The van der Waals surface area contributed by atoms with Crippen LogP contribution in [0.15, 0.2) is 65.6 Å². The maximum Gasteiger partial charge on any atom is 0.240 e. The van der Waals surface area contributed by atoms with E-state index in [4.69, 9.17) is 10.5 Å². The zero-order valence-corrected chi connectivity index (χ0v) is 20.4. The average molecular weight is 492 g/mol. The van der Waals surface area contributed by atoms with Gasteiger partial charge in [0.05, 0.1) is 12.0 Å². The molecule has 4 aromatic rings. The van der Waals surface area contributed by atoms with E-state index in [2.05, 4.69) is 20.0 Å². The molecule has 35 heavy (non-hydrogen) atoms. The molecule has 5 rings (SSSR count). The molecule has 0 unspecified atom stereocenters. The van der Waals surface area contributed by atoms with Crippen molar-refractivity contribution >= 4 is 43.5 Å². The largest absolute Gasteiger partial charge is 0.494 e. The van der Waals surface area contributed by atoms with E-state index in [1.807, 2.05) is 48.5 Å². The molecule has 1 aliphatic rings. The number of benzene rings is 3. The van der Waals surface area contributed by atoms with Crippen LogP contribution in [-0.4, -0.2) is 38.1 Å². The maximum absolute atomic E-state index is 13.0. The molecule has 0 amide bonds. The number of nitrogen functional groups attached to an aromatic ring is 1. The van der Waals surface area contributed by atoms with Gasteiger partial charge in [0.15, 0.2) is 0 Å². The summed E-state index contributed by atoms with van der Waals surface area (Å²) in [5.74, 6) is 1.93. The van der Waals surface area contributed by atoms with E-state index in [0.717, 1.165) is 41.8 Å². The highest BCUT2D eigenvalue weighted by Crippen LogP contribution is 2.29. The van der Waals surface area contributed by atoms with Gasteiger partial charge in [-0.25, -0.2) is 18.1 Å². The molecule has 1 fully saturated rings. The number of sulfonamides is 1. The van der Waals surface area contributed by atoms with Gasteiger partial charge in [-0.3, -0.25) is 0 Å². The molecule has 0 aliphatic heterocycles. The second-order valence-corrected chi connectivity index (χ2v) is 10.7. The summed E-state index contributed by atoms with van der Waals surface area (Å²) in [6.45, 7) is 0.699. The molecule has 1 heterocycles. The summed E-state index contributed by atoms with van der Waals surface area (Å²) in [4.78, 5) is 9.29. The van der Waals surface area contributed by atoms with Gasteiger partial charge in [0.2, 0.25) is 16.0 Å². The number of nitrogens with one attached hydrogen (secondary N) is 2. The van der Waals surface area contributed by atoms with Crippen molar-refractivity contribution in [3.05, 3.63) is 60.7 Å². The van der Waals surface area contributed by atoms with Gasteiger partial charge in [-0.05, 0) is 66.6 Å². The van der Waals surface area contributed by atoms with Crippen LogP contribution in [0.5, 0.6) is 5.75 Å². The summed E-state index contributed by atoms with van der Waals surface area (Å²) < 4.78 is 34.2. The molecule has 1 saturated carbocycles. The van der Waals surface area contributed by atoms with Crippen LogP contribution in [0.3, 0.4) is 0 Å². The van der Waals surface area contributed by atoms with Gasteiger partial charge in [-0.1, -0.05) is 36.4 Å². The molecule has 182 valence electrons. The highest BCUT2D eigenvalue weighted by molar-refractivity contribution is 7.89. The lowest BCUT2D eigenvalue weighted by molar-refractivity contribution is 0.323. The minimum Gasteiger partial charge on any atom is -0.494 e. The normalized spacial score (nSPS) is 18.5. The lowest BCUT2D eigenvalue weighted by Gasteiger charge is -2.29. The third-order valence-electron chi connectivity index (χ3n) is 6.69. The number of fused-ring (bicyclic) bond motifs is 2. The molecule has 4 N–H and O–H groups in total. The van der Waals surface area contributed by atoms with E-state index < -0.39 is 10.0 Å². The number of nitrogens with zero attached hydrogens (tertiary/aromatic N) is 2. The van der Waals surface area contributed by atoms with Crippen molar-refractivity contribution in [1.29, 1.82) is 0 Å². The summed E-state index contributed by atoms with van der Waals surface area (Å²) in [5.41, 5.74) is 6.81. The predicted octanol–water partition coefficient (Wildman–Crippen LogP) is 4.32. The monoisotopic (exact) mass is 491 g/mol. The van der Waals surface area contributed by atoms with E-state index in [1.165, 1.54) is 0 Å². The van der Waals surface area contributed by atoms with E-state index >= 15 is 0 Å². The molecular formula is C26H29N5O3S. The molecular weight excluding hydrogens is 462 g/mol. The average Bonchev–Trinajstić information content (AvgIpc) is 2.87. The quantitative estimate of drug-likeness (QED) is 0.352. The molecule has 3 aromatic carbocycles. The smallest absolute Gasteiger partial charge is 0.240 e. The minimum atomic E-state index is -3.57. The topological polar surface area (TPSA) is 119 Å². The van der Waals surface area contributed by atoms with Crippen LogP contribution in [0.1, 0.15) is 25.7 Å². The van der Waals surface area contributed by atoms with Gasteiger partial charge in [-0.15, -0.1) is 0 Å². The molecule has 1 aliphatic carbocycles. The second kappa shape index (κ2) is 9.67. The Labute approximate surface area is 205 Å². The van der Waals surface area contributed by atoms with Crippen LogP contribution in [0.4, 0.5) is 11.8 Å². The lowest BCUT2D eigenvalue weighted by atomic mass is 9.86. The summed E-state index contributed by atoms with van der Waals surface area (Å²) >= 11 is 0. The van der Waals surface area contributed by atoms with Crippen LogP contribution in [-0.2, 0) is 10.0 Å². The van der Waals surface area contributed by atoms with E-state index in [9.17, 15) is 8.42 Å². The summed E-state index contributed by atoms with van der Waals surface area (Å²) in [6.07, 6.45) is 3.38. The summed E-state index contributed by atoms with van der Waals surface area (Å²) in [7, 11) is -1.96. The first-order chi connectivity index (χ1) is 16.9. The van der Waals surface area contributed by atoms with Gasteiger partial charge in [-0.2, -0.15) is 4.98 Å². The Hall–Kier alpha value is -3.43. The molecule has 9 heteroatoms. The number of rotatable bonds is 7. The Kier molecular flexibility index (Phi) is 6.44. The van der Waals surface area contributed by atoms with E-state index in [1.54, 1.807) is 19.2 Å². The summed E-state index contributed by atoms with van der Waals surface area (Å²) in [6, 6.07) is 18.5. The third-order valence-corrected chi connectivity index (χ3v) is 8.21. The van der Waals surface area contributed by atoms with Crippen LogP contribution in [0, 0.1) is 5.92 Å². The van der Waals surface area contributed by atoms with Crippen LogP contribution < -0.4 is 20.5 Å². The molecule has 0 saturated heterocycles. The Morgan fingerprint density at radius 1 is 0.971 bits per heavy atom. The first-order valence-corrected chi connectivity index (χ1v) is 13.3. The zero-order valence-electron chi connectivity index (χ0n) is 19.6. The van der Waals surface area contributed by atoms with Gasteiger partial charge >= 0.3 is 0 Å². The number of nitrogens with two attached hydrogens (primary N) is 1. The number of para-hydroxylation sites is 1. The Bertz CT molecular complexity index is 1470. The van der Waals surface area contributed by atoms with E-state index in [-0.39, 0.29) is 6.04 Å². The van der Waals surface area contributed by atoms with Crippen LogP contribution in [0.2, 0.25) is 0 Å². The van der Waals surface area contributed by atoms with Crippen molar-refractivity contribution in [1.82, 2.24) is 14.7 Å². The van der Waals surface area contributed by atoms with Crippen molar-refractivity contribution in [2.24, 2.45) is 5.92 Å². The standard InChI is InChI=1S/C26H29N5O3S/c1-34-23-8-4-7-22-24(23)29-26(30-25(22)27)28-16-17-9-12-20(13-10-17)31-35(32,33)21-14-11-18-5-2-3-6-19(18)15-21/h2-8,11,14-15,17,20,31H,9-10,12-13,16H2,1H3,(H3,27,28,29,30). The second-order valence-electron chi connectivity index (χ2n) is 9.02. The number of hydrogen-bond donors (Lipinski definition) is 3. The Balaban J connectivity index is 1.18. The lowest BCUT2D eigenvalue weighted by Crippen LogP contribution is -2.38. The molecule has 0 bridgehead atoms. The first-order valence-electron chi connectivity index (χ1n) is 11.8. The van der Waals surface area contributed by atoms with Gasteiger partial charge in [0.1, 0.15) is 17.1 Å². The van der Waals surface area contributed by atoms with E-state index in [0.29, 0.717) is 40.4 Å². The van der Waals surface area contributed by atoms with Crippen molar-refractivity contribution in [3.63, 3.8) is 0 Å². The number of methoxy groups -OCH3 is 1. The van der Waals surface area contributed by atoms with Crippen LogP contribution in [0.25, 0.3) is 21.7 Å². The van der Waals surface area contributed by atoms with Crippen molar-refractivity contribution in [2.45, 2.75) is 36.6 Å². The molecule has 0 atom stereocenters. The minimum absolute atomic E-state index is 0.0699. The zero-order chi connectivity index (χ0) is 24.4. The SMILES string of the molecule is COc1cccc2c(N)nc(NCC3CCC(NS(=O)(=O)c4ccc5ccccc5c4)CC3)nc12. The number of ether oxygens (including phenoxy) is 1. The van der Waals surface area contributed by atoms with Crippen molar-refractivity contribution in [2.75, 3.05) is 24.7 Å². The first kappa shape index (κ1) is 23.3. The molecule has 8 nitrogen and oxygen atoms in total. The van der Waals surface area contributed by atoms with Gasteiger partial charge < -0.3 is 15.8 Å². The summed E-state index contributed by atoms with van der Waals surface area (Å²) in [5, 5.41) is 6.01. The Morgan fingerprint density at radius 2 is 1.74 bits per heavy atom. The predicted molar refractivity (Wildman–Crippen MR) is 139 cm³/mol. The molecule has 0 radical (unpaired) electrons. The molecule has 1 aromatic heterocycles. The highest BCUT2D eigenvalue weighted by Gasteiger charge is 2.26. The Morgan fingerprint density at radius 3 is 2.51 bits per heavy atom. The van der Waals surface area contributed by atoms with Crippen LogP contribution >= 0.6 is 0 Å². The molecule has 0 spiro atoms. The van der Waals surface area contributed by atoms with Crippen molar-refractivity contribution < 1.29 is 13.2 Å². The fourth-order valence-corrected chi connectivity index (χ4v) is 6.08. The number of hydrogen-bond acceptors (Lipinski definition) is 7. The fraction of sp³-hybridized carbons (Fsp3) is 0.308. The fourth-order valence-electron chi connectivity index (χ4n) is 4.74. The van der Waals surface area contributed by atoms with Gasteiger partial charge in [0.25, 0.3) is 0 Å². The van der Waals surface area contributed by atoms with Gasteiger partial charge in [0, 0.05) is 18.0 Å². The maximum atomic E-state index is 13.0. The highest BCUT2D eigenvalue weighted by atomic mass is 32.2. The third kappa shape index (κ3) is 5.01.